The molecule has 0 radical (unpaired) electrons. The fourth-order valence-corrected chi connectivity index (χ4v) is 3.14. The molecule has 100 valence electrons. The average molecular weight is 239 g/mol. The number of rotatable bonds is 6. The average Bonchev–Trinajstić information content (AvgIpc) is 2.57. The van der Waals surface area contributed by atoms with Crippen molar-refractivity contribution in [3.8, 4) is 0 Å². The Morgan fingerprint density at radius 3 is 2.29 bits per heavy atom. The van der Waals surface area contributed by atoms with Crippen molar-refractivity contribution in [3.63, 3.8) is 0 Å². The maximum atomic E-state index is 11.3. The molecule has 0 bridgehead atoms. The van der Waals surface area contributed by atoms with Gasteiger partial charge in [0.15, 0.2) is 0 Å². The van der Waals surface area contributed by atoms with Crippen molar-refractivity contribution in [2.45, 2.75) is 71.3 Å². The van der Waals surface area contributed by atoms with Crippen LogP contribution < -0.4 is 0 Å². The van der Waals surface area contributed by atoms with Gasteiger partial charge in [0.1, 0.15) is 6.29 Å². The molecular formula is C15H29NO. The van der Waals surface area contributed by atoms with E-state index in [1.54, 1.807) is 0 Å². The maximum Gasteiger partial charge on any atom is 0.127 e. The van der Waals surface area contributed by atoms with Gasteiger partial charge in [0.05, 0.1) is 0 Å². The summed E-state index contributed by atoms with van der Waals surface area (Å²) in [6, 6.07) is 0.702. The summed E-state index contributed by atoms with van der Waals surface area (Å²) in [6.45, 7) is 5.19. The number of aldehydes is 1. The van der Waals surface area contributed by atoms with Crippen molar-refractivity contribution in [2.75, 3.05) is 13.6 Å². The van der Waals surface area contributed by atoms with Gasteiger partial charge in [-0.3, -0.25) is 0 Å². The minimum absolute atomic E-state index is 0.143. The summed E-state index contributed by atoms with van der Waals surface area (Å²) < 4.78 is 0. The molecule has 1 fully saturated rings. The van der Waals surface area contributed by atoms with E-state index in [-0.39, 0.29) is 5.41 Å². The van der Waals surface area contributed by atoms with Crippen molar-refractivity contribution in [1.82, 2.24) is 4.90 Å². The molecule has 0 aromatic rings. The fourth-order valence-electron chi connectivity index (χ4n) is 3.14. The Balaban J connectivity index is 2.50. The van der Waals surface area contributed by atoms with E-state index < -0.39 is 0 Å². The Morgan fingerprint density at radius 1 is 1.24 bits per heavy atom. The Kier molecular flexibility index (Phi) is 6.18. The quantitative estimate of drug-likeness (QED) is 0.521. The van der Waals surface area contributed by atoms with Gasteiger partial charge in [-0.05, 0) is 26.3 Å². The second-order valence-corrected chi connectivity index (χ2v) is 6.08. The number of carbonyl (C=O) groups excluding carboxylic acids is 1. The van der Waals surface area contributed by atoms with E-state index in [1.165, 1.54) is 44.8 Å². The maximum absolute atomic E-state index is 11.3. The Bertz CT molecular complexity index is 221. The molecule has 2 heteroatoms. The number of carbonyl (C=O) groups is 1. The zero-order chi connectivity index (χ0) is 12.7. The minimum Gasteiger partial charge on any atom is -0.303 e. The molecule has 1 rings (SSSR count). The Hall–Kier alpha value is -0.370. The van der Waals surface area contributed by atoms with Crippen LogP contribution in [-0.2, 0) is 4.79 Å². The number of hydrogen-bond acceptors (Lipinski definition) is 2. The fraction of sp³-hybridized carbons (Fsp3) is 0.933. The zero-order valence-electron chi connectivity index (χ0n) is 11.9. The Morgan fingerprint density at radius 2 is 1.82 bits per heavy atom. The molecule has 1 atom stereocenters. The molecule has 2 nitrogen and oxygen atoms in total. The summed E-state index contributed by atoms with van der Waals surface area (Å²) >= 11 is 0. The topological polar surface area (TPSA) is 20.3 Å². The molecule has 0 aromatic heterocycles. The van der Waals surface area contributed by atoms with Crippen LogP contribution in [-0.4, -0.2) is 30.8 Å². The van der Waals surface area contributed by atoms with Crippen LogP contribution in [0.15, 0.2) is 0 Å². The molecule has 0 aromatic carbocycles. The minimum atomic E-state index is -0.143. The van der Waals surface area contributed by atoms with Gasteiger partial charge >= 0.3 is 0 Å². The Labute approximate surface area is 107 Å². The molecule has 0 spiro atoms. The molecule has 17 heavy (non-hydrogen) atoms. The van der Waals surface area contributed by atoms with Gasteiger partial charge < -0.3 is 9.69 Å². The molecule has 0 aliphatic heterocycles. The molecule has 0 amide bonds. The highest BCUT2D eigenvalue weighted by Gasteiger charge is 2.27. The molecule has 1 saturated carbocycles. The van der Waals surface area contributed by atoms with E-state index in [4.69, 9.17) is 0 Å². The highest BCUT2D eigenvalue weighted by molar-refractivity contribution is 5.59. The lowest BCUT2D eigenvalue weighted by Gasteiger charge is -2.34. The van der Waals surface area contributed by atoms with Crippen LogP contribution in [0.3, 0.4) is 0 Å². The standard InChI is InChI=1S/C15H29NO/c1-4-11-15(2,13-17)12-16(3)14-9-7-5-6-8-10-14/h13-14H,4-12H2,1-3H3. The third-order valence-electron chi connectivity index (χ3n) is 4.16. The molecule has 0 heterocycles. The highest BCUT2D eigenvalue weighted by atomic mass is 16.1. The second kappa shape index (κ2) is 7.15. The summed E-state index contributed by atoms with van der Waals surface area (Å²) in [4.78, 5) is 13.7. The van der Waals surface area contributed by atoms with Gasteiger partial charge in [0.25, 0.3) is 0 Å². The van der Waals surface area contributed by atoms with Crippen LogP contribution in [0.25, 0.3) is 0 Å². The first-order chi connectivity index (χ1) is 8.11. The van der Waals surface area contributed by atoms with Crippen LogP contribution in [0.5, 0.6) is 0 Å². The highest BCUT2D eigenvalue weighted by Crippen LogP contribution is 2.26. The molecule has 0 saturated heterocycles. The molecular weight excluding hydrogens is 210 g/mol. The van der Waals surface area contributed by atoms with Gasteiger partial charge in [-0.1, -0.05) is 46.0 Å². The zero-order valence-corrected chi connectivity index (χ0v) is 11.9. The predicted octanol–water partition coefficient (Wildman–Crippen LogP) is 3.65. The van der Waals surface area contributed by atoms with Gasteiger partial charge in [0, 0.05) is 18.0 Å². The van der Waals surface area contributed by atoms with Crippen LogP contribution in [0.1, 0.15) is 65.2 Å². The summed E-state index contributed by atoms with van der Waals surface area (Å²) in [5.74, 6) is 0. The largest absolute Gasteiger partial charge is 0.303 e. The van der Waals surface area contributed by atoms with Gasteiger partial charge in [-0.25, -0.2) is 0 Å². The predicted molar refractivity (Wildman–Crippen MR) is 73.2 cm³/mol. The lowest BCUT2D eigenvalue weighted by Crippen LogP contribution is -2.40. The SMILES string of the molecule is CCCC(C)(C=O)CN(C)C1CCCCCC1. The smallest absolute Gasteiger partial charge is 0.127 e. The van der Waals surface area contributed by atoms with Crippen LogP contribution in [0.2, 0.25) is 0 Å². The van der Waals surface area contributed by atoms with Crippen molar-refractivity contribution in [2.24, 2.45) is 5.41 Å². The lowest BCUT2D eigenvalue weighted by molar-refractivity contribution is -0.117. The van der Waals surface area contributed by atoms with Crippen molar-refractivity contribution >= 4 is 6.29 Å². The van der Waals surface area contributed by atoms with Crippen LogP contribution >= 0.6 is 0 Å². The summed E-state index contributed by atoms with van der Waals surface area (Å²) in [6.07, 6.45) is 11.4. The third-order valence-corrected chi connectivity index (χ3v) is 4.16. The first kappa shape index (κ1) is 14.7. The molecule has 1 aliphatic carbocycles. The molecule has 1 aliphatic rings. The van der Waals surface area contributed by atoms with Crippen molar-refractivity contribution < 1.29 is 4.79 Å². The van der Waals surface area contributed by atoms with Gasteiger partial charge in [-0.2, -0.15) is 0 Å². The van der Waals surface area contributed by atoms with E-state index in [0.717, 1.165) is 19.4 Å². The normalized spacial score (nSPS) is 22.1. The van der Waals surface area contributed by atoms with Gasteiger partial charge in [0.2, 0.25) is 0 Å². The van der Waals surface area contributed by atoms with E-state index in [9.17, 15) is 4.79 Å². The first-order valence-electron chi connectivity index (χ1n) is 7.28. The second-order valence-electron chi connectivity index (χ2n) is 6.08. The monoisotopic (exact) mass is 239 g/mol. The van der Waals surface area contributed by atoms with E-state index in [2.05, 4.69) is 25.8 Å². The van der Waals surface area contributed by atoms with Crippen LogP contribution in [0.4, 0.5) is 0 Å². The van der Waals surface area contributed by atoms with E-state index in [0.29, 0.717) is 6.04 Å². The van der Waals surface area contributed by atoms with E-state index in [1.807, 2.05) is 0 Å². The number of nitrogens with zero attached hydrogens (tertiary/aromatic N) is 1. The first-order valence-corrected chi connectivity index (χ1v) is 7.28. The summed E-state index contributed by atoms with van der Waals surface area (Å²) in [7, 11) is 2.20. The van der Waals surface area contributed by atoms with Crippen LogP contribution in [0, 0.1) is 5.41 Å². The summed E-state index contributed by atoms with van der Waals surface area (Å²) in [5.41, 5.74) is -0.143. The van der Waals surface area contributed by atoms with Crippen molar-refractivity contribution in [3.05, 3.63) is 0 Å². The van der Waals surface area contributed by atoms with E-state index >= 15 is 0 Å². The third kappa shape index (κ3) is 4.79. The number of hydrogen-bond donors (Lipinski definition) is 0. The summed E-state index contributed by atoms with van der Waals surface area (Å²) in [5, 5.41) is 0. The lowest BCUT2D eigenvalue weighted by atomic mass is 9.86. The van der Waals surface area contributed by atoms with Crippen molar-refractivity contribution in [1.29, 1.82) is 0 Å². The molecule has 1 unspecified atom stereocenters. The molecule has 0 N–H and O–H groups in total. The van der Waals surface area contributed by atoms with Gasteiger partial charge in [-0.15, -0.1) is 0 Å².